The van der Waals surface area contributed by atoms with Crippen molar-refractivity contribution in [2.45, 2.75) is 26.3 Å². The smallest absolute Gasteiger partial charge is 0.234 e. The van der Waals surface area contributed by atoms with Crippen molar-refractivity contribution in [3.05, 3.63) is 29.6 Å². The van der Waals surface area contributed by atoms with Crippen molar-refractivity contribution in [2.24, 2.45) is 0 Å². The van der Waals surface area contributed by atoms with Gasteiger partial charge in [0, 0.05) is 19.9 Å². The fraction of sp³-hybridized carbons (Fsp3) is 0.600. The third kappa shape index (κ3) is 5.27. The fourth-order valence-corrected chi connectivity index (χ4v) is 2.04. The number of pyridine rings is 1. The highest BCUT2D eigenvalue weighted by Crippen LogP contribution is 2.17. The molecule has 1 rings (SSSR count). The molecule has 5 nitrogen and oxygen atoms in total. The average Bonchev–Trinajstić information content (AvgIpc) is 2.43. The monoisotopic (exact) mass is 279 g/mol. The van der Waals surface area contributed by atoms with E-state index < -0.39 is 0 Å². The summed E-state index contributed by atoms with van der Waals surface area (Å²) in [5.74, 6) is 0.0144. The maximum Gasteiger partial charge on any atom is 0.234 e. The van der Waals surface area contributed by atoms with Gasteiger partial charge < -0.3 is 10.1 Å². The Morgan fingerprint density at radius 1 is 1.55 bits per heavy atom. The normalized spacial score (nSPS) is 12.4. The number of likely N-dealkylation sites (N-methyl/N-ethyl adjacent to an activating group) is 1. The molecule has 1 aromatic rings. The number of carbonyl (C=O) groups excluding carboxylic acids is 1. The first-order valence-electron chi connectivity index (χ1n) is 6.96. The molecular weight excluding hydrogens is 254 g/mol. The van der Waals surface area contributed by atoms with Crippen molar-refractivity contribution in [1.82, 2.24) is 15.2 Å². The standard InChI is InChI=1S/C15H25N3O2/c1-5-13(15-12(2)7-6-8-16-15)17-14(19)11-18(3)9-10-20-4/h6-8,13H,5,9-11H2,1-4H3,(H,17,19)/t13-/m1/s1. The molecule has 0 fully saturated rings. The molecule has 20 heavy (non-hydrogen) atoms. The van der Waals surface area contributed by atoms with Crippen LogP contribution in [0.2, 0.25) is 0 Å². The lowest BCUT2D eigenvalue weighted by molar-refractivity contribution is -0.122. The Balaban J connectivity index is 2.56. The number of hydrogen-bond acceptors (Lipinski definition) is 4. The molecule has 1 atom stereocenters. The van der Waals surface area contributed by atoms with E-state index in [2.05, 4.69) is 10.3 Å². The number of methoxy groups -OCH3 is 1. The minimum Gasteiger partial charge on any atom is -0.383 e. The maximum atomic E-state index is 12.0. The van der Waals surface area contributed by atoms with E-state index in [4.69, 9.17) is 4.74 Å². The van der Waals surface area contributed by atoms with Crippen LogP contribution in [0.3, 0.4) is 0 Å². The average molecular weight is 279 g/mol. The van der Waals surface area contributed by atoms with Crippen molar-refractivity contribution in [3.63, 3.8) is 0 Å². The largest absolute Gasteiger partial charge is 0.383 e. The van der Waals surface area contributed by atoms with E-state index in [9.17, 15) is 4.79 Å². The highest BCUT2D eigenvalue weighted by atomic mass is 16.5. The number of rotatable bonds is 8. The van der Waals surface area contributed by atoms with E-state index in [1.807, 2.05) is 37.9 Å². The van der Waals surface area contributed by atoms with Crippen LogP contribution >= 0.6 is 0 Å². The maximum absolute atomic E-state index is 12.0. The zero-order valence-electron chi connectivity index (χ0n) is 12.8. The summed E-state index contributed by atoms with van der Waals surface area (Å²) in [5.41, 5.74) is 2.05. The Kier molecular flexibility index (Phi) is 7.18. The van der Waals surface area contributed by atoms with E-state index in [0.717, 1.165) is 24.2 Å². The number of nitrogens with one attached hydrogen (secondary N) is 1. The van der Waals surface area contributed by atoms with Gasteiger partial charge in [0.05, 0.1) is 24.9 Å². The predicted molar refractivity (Wildman–Crippen MR) is 79.5 cm³/mol. The van der Waals surface area contributed by atoms with Crippen LogP contribution in [0.25, 0.3) is 0 Å². The van der Waals surface area contributed by atoms with Gasteiger partial charge in [-0.1, -0.05) is 13.0 Å². The number of carbonyl (C=O) groups is 1. The number of nitrogens with zero attached hydrogens (tertiary/aromatic N) is 2. The molecule has 1 amide bonds. The Hall–Kier alpha value is -1.46. The third-order valence-electron chi connectivity index (χ3n) is 3.21. The molecule has 0 saturated carbocycles. The lowest BCUT2D eigenvalue weighted by atomic mass is 10.1. The molecule has 0 bridgehead atoms. The predicted octanol–water partition coefficient (Wildman–Crippen LogP) is 1.54. The fourth-order valence-electron chi connectivity index (χ4n) is 2.04. The SMILES string of the molecule is CC[C@@H](NC(=O)CN(C)CCOC)c1ncccc1C. The molecule has 1 heterocycles. The van der Waals surface area contributed by atoms with Gasteiger partial charge in [0.15, 0.2) is 0 Å². The van der Waals surface area contributed by atoms with E-state index >= 15 is 0 Å². The van der Waals surface area contributed by atoms with Crippen LogP contribution in [0.1, 0.15) is 30.6 Å². The van der Waals surface area contributed by atoms with Crippen LogP contribution in [0.4, 0.5) is 0 Å². The number of amides is 1. The van der Waals surface area contributed by atoms with Gasteiger partial charge in [-0.05, 0) is 32.0 Å². The first kappa shape index (κ1) is 16.6. The van der Waals surface area contributed by atoms with Crippen LogP contribution in [0, 0.1) is 6.92 Å². The summed E-state index contributed by atoms with van der Waals surface area (Å²) in [6.45, 7) is 5.80. The highest BCUT2D eigenvalue weighted by molar-refractivity contribution is 5.78. The van der Waals surface area contributed by atoms with Crippen LogP contribution < -0.4 is 5.32 Å². The van der Waals surface area contributed by atoms with Crippen molar-refractivity contribution >= 4 is 5.91 Å². The van der Waals surface area contributed by atoms with Gasteiger partial charge in [-0.2, -0.15) is 0 Å². The molecule has 0 aliphatic rings. The van der Waals surface area contributed by atoms with Gasteiger partial charge in [-0.15, -0.1) is 0 Å². The number of ether oxygens (including phenoxy) is 1. The molecule has 0 aromatic carbocycles. The van der Waals surface area contributed by atoms with Gasteiger partial charge in [0.25, 0.3) is 0 Å². The quantitative estimate of drug-likeness (QED) is 0.784. The lowest BCUT2D eigenvalue weighted by Crippen LogP contribution is -2.38. The second-order valence-corrected chi connectivity index (χ2v) is 4.96. The molecule has 1 aromatic heterocycles. The molecule has 0 aliphatic heterocycles. The second-order valence-electron chi connectivity index (χ2n) is 4.96. The zero-order chi connectivity index (χ0) is 15.0. The molecule has 0 aliphatic carbocycles. The minimum atomic E-state index is -0.0282. The summed E-state index contributed by atoms with van der Waals surface area (Å²) in [6.07, 6.45) is 2.59. The molecule has 5 heteroatoms. The first-order valence-corrected chi connectivity index (χ1v) is 6.96. The van der Waals surface area contributed by atoms with Crippen LogP contribution in [-0.4, -0.2) is 49.6 Å². The molecular formula is C15H25N3O2. The van der Waals surface area contributed by atoms with Crippen LogP contribution in [-0.2, 0) is 9.53 Å². The molecule has 0 unspecified atom stereocenters. The Labute approximate surface area is 121 Å². The topological polar surface area (TPSA) is 54.5 Å². The minimum absolute atomic E-state index is 0.0144. The van der Waals surface area contributed by atoms with Crippen molar-refractivity contribution < 1.29 is 9.53 Å². The van der Waals surface area contributed by atoms with Crippen LogP contribution in [0.5, 0.6) is 0 Å². The lowest BCUT2D eigenvalue weighted by Gasteiger charge is -2.21. The molecule has 112 valence electrons. The Bertz CT molecular complexity index is 423. The summed E-state index contributed by atoms with van der Waals surface area (Å²) in [5, 5.41) is 3.05. The number of aryl methyl sites for hydroxylation is 1. The van der Waals surface area contributed by atoms with Crippen molar-refractivity contribution in [2.75, 3.05) is 33.9 Å². The Morgan fingerprint density at radius 2 is 2.30 bits per heavy atom. The molecule has 0 radical (unpaired) electrons. The first-order chi connectivity index (χ1) is 9.58. The summed E-state index contributed by atoms with van der Waals surface area (Å²) < 4.78 is 5.00. The summed E-state index contributed by atoms with van der Waals surface area (Å²) in [6, 6.07) is 3.90. The highest BCUT2D eigenvalue weighted by Gasteiger charge is 2.16. The van der Waals surface area contributed by atoms with E-state index in [1.165, 1.54) is 0 Å². The van der Waals surface area contributed by atoms with Crippen LogP contribution in [0.15, 0.2) is 18.3 Å². The van der Waals surface area contributed by atoms with Crippen molar-refractivity contribution in [1.29, 1.82) is 0 Å². The van der Waals surface area contributed by atoms with E-state index in [-0.39, 0.29) is 11.9 Å². The van der Waals surface area contributed by atoms with Gasteiger partial charge in [-0.25, -0.2) is 0 Å². The summed E-state index contributed by atoms with van der Waals surface area (Å²) in [4.78, 5) is 18.4. The van der Waals surface area contributed by atoms with Crippen molar-refractivity contribution in [3.8, 4) is 0 Å². The number of aromatic nitrogens is 1. The Morgan fingerprint density at radius 3 is 2.90 bits per heavy atom. The van der Waals surface area contributed by atoms with Gasteiger partial charge in [0.1, 0.15) is 0 Å². The summed E-state index contributed by atoms with van der Waals surface area (Å²) in [7, 11) is 3.57. The number of hydrogen-bond donors (Lipinski definition) is 1. The molecule has 1 N–H and O–H groups in total. The van der Waals surface area contributed by atoms with Gasteiger partial charge >= 0.3 is 0 Å². The van der Waals surface area contributed by atoms with E-state index in [1.54, 1.807) is 13.3 Å². The third-order valence-corrected chi connectivity index (χ3v) is 3.21. The second kappa shape index (κ2) is 8.66. The van der Waals surface area contributed by atoms with E-state index in [0.29, 0.717) is 13.2 Å². The zero-order valence-corrected chi connectivity index (χ0v) is 12.8. The van der Waals surface area contributed by atoms with Gasteiger partial charge in [-0.3, -0.25) is 14.7 Å². The molecule has 0 spiro atoms. The molecule has 0 saturated heterocycles. The van der Waals surface area contributed by atoms with Gasteiger partial charge in [0.2, 0.25) is 5.91 Å². The summed E-state index contributed by atoms with van der Waals surface area (Å²) >= 11 is 0.